The highest BCUT2D eigenvalue weighted by Crippen LogP contribution is 2.30. The maximum absolute atomic E-state index is 13.9. The number of hydrogen-bond acceptors (Lipinski definition) is 5. The first-order valence-electron chi connectivity index (χ1n) is 15.9. The van der Waals surface area contributed by atoms with E-state index in [1.54, 1.807) is 12.1 Å². The Labute approximate surface area is 246 Å². The molecule has 0 aromatic heterocycles. The van der Waals surface area contributed by atoms with Crippen molar-refractivity contribution in [3.63, 3.8) is 0 Å². The molecule has 3 rings (SSSR count). The third-order valence-corrected chi connectivity index (χ3v) is 7.98. The summed E-state index contributed by atoms with van der Waals surface area (Å²) in [5, 5.41) is 0. The second-order valence-corrected chi connectivity index (χ2v) is 11.4. The molecule has 6 heteroatoms. The molecule has 1 aliphatic carbocycles. The van der Waals surface area contributed by atoms with Gasteiger partial charge in [0.15, 0.2) is 6.17 Å². The number of unbranched alkanes of at least 4 members (excludes halogenated alkanes) is 6. The Hall–Kier alpha value is -2.89. The summed E-state index contributed by atoms with van der Waals surface area (Å²) in [5.41, 5.74) is 1.69. The summed E-state index contributed by atoms with van der Waals surface area (Å²) >= 11 is 0. The molecule has 1 fully saturated rings. The molecule has 2 aromatic rings. The van der Waals surface area contributed by atoms with Crippen LogP contribution >= 0.6 is 0 Å². The van der Waals surface area contributed by atoms with Gasteiger partial charge in [0, 0.05) is 0 Å². The molecular formula is C35H49FO5. The van der Waals surface area contributed by atoms with E-state index in [1.807, 2.05) is 43.3 Å². The van der Waals surface area contributed by atoms with Crippen LogP contribution in [0.25, 0.3) is 0 Å². The fourth-order valence-electron chi connectivity index (χ4n) is 5.30. The van der Waals surface area contributed by atoms with Crippen LogP contribution in [0.15, 0.2) is 48.5 Å². The molecule has 41 heavy (non-hydrogen) atoms. The summed E-state index contributed by atoms with van der Waals surface area (Å²) < 4.78 is 30.7. The summed E-state index contributed by atoms with van der Waals surface area (Å²) in [6, 6.07) is 14.8. The van der Waals surface area contributed by atoms with Gasteiger partial charge in [-0.2, -0.15) is 0 Å². The monoisotopic (exact) mass is 568 g/mol. The Morgan fingerprint density at radius 2 is 1.44 bits per heavy atom. The number of hydrogen-bond donors (Lipinski definition) is 0. The van der Waals surface area contributed by atoms with E-state index in [0.29, 0.717) is 30.3 Å². The Morgan fingerprint density at radius 3 is 2.12 bits per heavy atom. The molecule has 5 nitrogen and oxygen atoms in total. The topological polar surface area (TPSA) is 61.8 Å². The van der Waals surface area contributed by atoms with Crippen molar-refractivity contribution in [3.8, 4) is 11.5 Å². The summed E-state index contributed by atoms with van der Waals surface area (Å²) in [6.07, 6.45) is 13.1. The molecule has 0 spiro atoms. The first-order chi connectivity index (χ1) is 20.0. The van der Waals surface area contributed by atoms with Crippen LogP contribution < -0.4 is 9.47 Å². The van der Waals surface area contributed by atoms with E-state index >= 15 is 0 Å². The first kappa shape index (κ1) is 32.6. The molecule has 0 amide bonds. The van der Waals surface area contributed by atoms with Crippen LogP contribution in [0.3, 0.4) is 0 Å². The van der Waals surface area contributed by atoms with E-state index in [-0.39, 0.29) is 18.5 Å². The van der Waals surface area contributed by atoms with E-state index in [9.17, 15) is 14.0 Å². The van der Waals surface area contributed by atoms with Gasteiger partial charge in [-0.25, -0.2) is 14.0 Å². The molecule has 1 saturated carbocycles. The minimum absolute atomic E-state index is 0.151. The predicted octanol–water partition coefficient (Wildman–Crippen LogP) is 9.21. The van der Waals surface area contributed by atoms with Gasteiger partial charge in [-0.05, 0) is 99.2 Å². The number of carbonyl (C=O) groups is 2. The number of ether oxygens (including phenoxy) is 3. The lowest BCUT2D eigenvalue weighted by atomic mass is 9.83. The Kier molecular flexibility index (Phi) is 14.7. The highest BCUT2D eigenvalue weighted by molar-refractivity contribution is 5.91. The lowest BCUT2D eigenvalue weighted by Gasteiger charge is -2.28. The quantitative estimate of drug-likeness (QED) is 0.102. The van der Waals surface area contributed by atoms with Crippen LogP contribution in [0.5, 0.6) is 11.5 Å². The Bertz CT molecular complexity index is 1010. The van der Waals surface area contributed by atoms with Crippen molar-refractivity contribution in [2.24, 2.45) is 5.92 Å². The molecule has 0 N–H and O–H groups in total. The third-order valence-electron chi connectivity index (χ3n) is 7.98. The van der Waals surface area contributed by atoms with Gasteiger partial charge in [0.2, 0.25) is 0 Å². The maximum Gasteiger partial charge on any atom is 0.343 e. The fourth-order valence-corrected chi connectivity index (χ4v) is 5.30. The van der Waals surface area contributed by atoms with Gasteiger partial charge in [-0.15, -0.1) is 0 Å². The molecule has 0 aliphatic heterocycles. The van der Waals surface area contributed by atoms with Crippen molar-refractivity contribution in [1.29, 1.82) is 0 Å². The predicted molar refractivity (Wildman–Crippen MR) is 161 cm³/mol. The van der Waals surface area contributed by atoms with E-state index in [2.05, 4.69) is 6.92 Å². The minimum atomic E-state index is -1.49. The Morgan fingerprint density at radius 1 is 0.805 bits per heavy atom. The summed E-state index contributed by atoms with van der Waals surface area (Å²) in [7, 11) is 0. The second-order valence-electron chi connectivity index (χ2n) is 11.4. The van der Waals surface area contributed by atoms with Crippen molar-refractivity contribution < 1.29 is 28.2 Å². The third kappa shape index (κ3) is 12.2. The molecule has 1 aliphatic rings. The molecule has 226 valence electrons. The maximum atomic E-state index is 13.9. The number of halogens is 1. The zero-order valence-corrected chi connectivity index (χ0v) is 25.1. The average molecular weight is 569 g/mol. The largest absolute Gasteiger partial charge is 0.494 e. The van der Waals surface area contributed by atoms with Crippen LogP contribution in [0.2, 0.25) is 0 Å². The van der Waals surface area contributed by atoms with Gasteiger partial charge in [-0.1, -0.05) is 70.9 Å². The second kappa shape index (κ2) is 18.5. The van der Waals surface area contributed by atoms with Crippen molar-refractivity contribution in [1.82, 2.24) is 0 Å². The number of alkyl halides is 1. The standard InChI is InChI=1S/C35H49FO5/c1-3-5-7-8-9-10-26-39-30-24-18-29(19-25-30)34(37)40-31-20-14-27(15-21-31)12-13-28-16-22-32(23-17-28)41-35(38)33(36)11-6-4-2/h14-15,18-21,24-25,28,32-33H,3-13,16-17,22-23,26H2,1-2H3/t28?,32?,33-/m0/s1. The smallest absolute Gasteiger partial charge is 0.343 e. The zero-order chi connectivity index (χ0) is 29.3. The summed E-state index contributed by atoms with van der Waals surface area (Å²) in [4.78, 5) is 24.5. The number of carbonyl (C=O) groups excluding carboxylic acids is 2. The lowest BCUT2D eigenvalue weighted by Crippen LogP contribution is -2.29. The van der Waals surface area contributed by atoms with Gasteiger partial charge in [0.25, 0.3) is 0 Å². The summed E-state index contributed by atoms with van der Waals surface area (Å²) in [6.45, 7) is 4.90. The normalized spacial score (nSPS) is 17.5. The van der Waals surface area contributed by atoms with Crippen molar-refractivity contribution in [2.45, 2.75) is 122 Å². The van der Waals surface area contributed by atoms with Gasteiger partial charge >= 0.3 is 11.9 Å². The molecule has 0 radical (unpaired) electrons. The highest BCUT2D eigenvalue weighted by atomic mass is 19.1. The van der Waals surface area contributed by atoms with Crippen LogP contribution in [-0.2, 0) is 16.0 Å². The lowest BCUT2D eigenvalue weighted by molar-refractivity contribution is -0.157. The van der Waals surface area contributed by atoms with Crippen LogP contribution in [-0.4, -0.2) is 30.8 Å². The van der Waals surface area contributed by atoms with Gasteiger partial charge < -0.3 is 14.2 Å². The van der Waals surface area contributed by atoms with Gasteiger partial charge in [0.05, 0.1) is 12.2 Å². The average Bonchev–Trinajstić information content (AvgIpc) is 3.00. The van der Waals surface area contributed by atoms with Gasteiger partial charge in [-0.3, -0.25) is 0 Å². The number of benzene rings is 2. The molecule has 0 bridgehead atoms. The molecule has 0 saturated heterocycles. The number of rotatable bonds is 18. The summed E-state index contributed by atoms with van der Waals surface area (Å²) in [5.74, 6) is 0.787. The highest BCUT2D eigenvalue weighted by Gasteiger charge is 2.27. The molecule has 0 heterocycles. The van der Waals surface area contributed by atoms with E-state index in [1.165, 1.54) is 37.7 Å². The van der Waals surface area contributed by atoms with Crippen LogP contribution in [0, 0.1) is 5.92 Å². The van der Waals surface area contributed by atoms with Gasteiger partial charge in [0.1, 0.15) is 17.6 Å². The van der Waals surface area contributed by atoms with Crippen molar-refractivity contribution >= 4 is 11.9 Å². The van der Waals surface area contributed by atoms with Crippen LogP contribution in [0.4, 0.5) is 4.39 Å². The first-order valence-corrected chi connectivity index (χ1v) is 15.9. The minimum Gasteiger partial charge on any atom is -0.494 e. The number of aryl methyl sites for hydroxylation is 1. The molecular weight excluding hydrogens is 519 g/mol. The van der Waals surface area contributed by atoms with Crippen LogP contribution in [0.1, 0.15) is 120 Å². The van der Waals surface area contributed by atoms with E-state index in [0.717, 1.165) is 57.1 Å². The van der Waals surface area contributed by atoms with Crippen molar-refractivity contribution in [3.05, 3.63) is 59.7 Å². The molecule has 2 aromatic carbocycles. The molecule has 1 atom stereocenters. The zero-order valence-electron chi connectivity index (χ0n) is 25.1. The molecule has 0 unspecified atom stereocenters. The van der Waals surface area contributed by atoms with Crippen molar-refractivity contribution in [2.75, 3.05) is 6.61 Å². The fraction of sp³-hybridized carbons (Fsp3) is 0.600. The van der Waals surface area contributed by atoms with E-state index < -0.39 is 12.1 Å². The SMILES string of the molecule is CCCCCCCCOc1ccc(C(=O)Oc2ccc(CCC3CCC(OC(=O)[C@@H](F)CCCC)CC3)cc2)cc1. The van der Waals surface area contributed by atoms with E-state index in [4.69, 9.17) is 14.2 Å². The Balaban J connectivity index is 1.32. The number of esters is 2.